The number of rotatable bonds is 6. The van der Waals surface area contributed by atoms with Gasteiger partial charge >= 0.3 is 0 Å². The van der Waals surface area contributed by atoms with E-state index in [1.807, 2.05) is 60.7 Å². The van der Waals surface area contributed by atoms with Gasteiger partial charge < -0.3 is 15.2 Å². The summed E-state index contributed by atoms with van der Waals surface area (Å²) >= 11 is 0. The highest BCUT2D eigenvalue weighted by Crippen LogP contribution is 2.19. The number of carbonyl (C=O) groups excluding carboxylic acids is 1. The molecule has 0 radical (unpaired) electrons. The standard InChI is InChI=1S/C17H19NO3/c1-21-16(14-10-6-3-7-11-14)17(20)18-15(12-19)13-8-4-2-5-9-13/h2-11,15-16,19H,12H2,1H3,(H,18,20)/t15-,16?/m1/s1. The number of amides is 1. The van der Waals surface area contributed by atoms with Gasteiger partial charge in [-0.05, 0) is 11.1 Å². The molecular weight excluding hydrogens is 266 g/mol. The highest BCUT2D eigenvalue weighted by molar-refractivity contribution is 5.82. The Hall–Kier alpha value is -2.17. The first kappa shape index (κ1) is 15.2. The van der Waals surface area contributed by atoms with Crippen molar-refractivity contribution in [2.24, 2.45) is 0 Å². The van der Waals surface area contributed by atoms with Gasteiger partial charge in [0.2, 0.25) is 0 Å². The van der Waals surface area contributed by atoms with Crippen molar-refractivity contribution in [2.75, 3.05) is 13.7 Å². The van der Waals surface area contributed by atoms with Crippen LogP contribution in [-0.2, 0) is 9.53 Å². The number of hydrogen-bond donors (Lipinski definition) is 2. The molecule has 0 aliphatic carbocycles. The van der Waals surface area contributed by atoms with E-state index < -0.39 is 12.1 Å². The van der Waals surface area contributed by atoms with E-state index in [-0.39, 0.29) is 12.5 Å². The molecule has 2 atom stereocenters. The molecule has 2 aromatic rings. The van der Waals surface area contributed by atoms with Crippen molar-refractivity contribution < 1.29 is 14.6 Å². The van der Waals surface area contributed by atoms with Crippen LogP contribution in [0.25, 0.3) is 0 Å². The lowest BCUT2D eigenvalue weighted by atomic mass is 10.1. The fourth-order valence-electron chi connectivity index (χ4n) is 2.19. The molecule has 0 heterocycles. The van der Waals surface area contributed by atoms with E-state index in [2.05, 4.69) is 5.32 Å². The largest absolute Gasteiger partial charge is 0.394 e. The Labute approximate surface area is 124 Å². The van der Waals surface area contributed by atoms with Crippen molar-refractivity contribution in [2.45, 2.75) is 12.1 Å². The number of nitrogens with one attached hydrogen (secondary N) is 1. The van der Waals surface area contributed by atoms with E-state index in [9.17, 15) is 9.90 Å². The zero-order valence-corrected chi connectivity index (χ0v) is 11.9. The first-order valence-corrected chi connectivity index (χ1v) is 6.80. The first-order chi connectivity index (χ1) is 10.3. The van der Waals surface area contributed by atoms with Gasteiger partial charge in [0.05, 0.1) is 12.6 Å². The van der Waals surface area contributed by atoms with Gasteiger partial charge in [-0.2, -0.15) is 0 Å². The van der Waals surface area contributed by atoms with Crippen LogP contribution < -0.4 is 5.32 Å². The summed E-state index contributed by atoms with van der Waals surface area (Å²) in [5.41, 5.74) is 1.64. The summed E-state index contributed by atoms with van der Waals surface area (Å²) in [5.74, 6) is -0.272. The average molecular weight is 285 g/mol. The SMILES string of the molecule is COC(C(=O)N[C@H](CO)c1ccccc1)c1ccccc1. The van der Waals surface area contributed by atoms with Gasteiger partial charge in [-0.25, -0.2) is 0 Å². The maximum Gasteiger partial charge on any atom is 0.254 e. The summed E-state index contributed by atoms with van der Waals surface area (Å²) in [5, 5.41) is 12.3. The van der Waals surface area contributed by atoms with Crippen LogP contribution >= 0.6 is 0 Å². The van der Waals surface area contributed by atoms with Gasteiger partial charge in [-0.15, -0.1) is 0 Å². The zero-order chi connectivity index (χ0) is 15.1. The first-order valence-electron chi connectivity index (χ1n) is 6.80. The maximum absolute atomic E-state index is 12.4. The number of ether oxygens (including phenoxy) is 1. The van der Waals surface area contributed by atoms with Crippen LogP contribution in [0, 0.1) is 0 Å². The Balaban J connectivity index is 2.11. The summed E-state index contributed by atoms with van der Waals surface area (Å²) in [6.45, 7) is -0.166. The molecule has 0 saturated carbocycles. The molecule has 0 spiro atoms. The van der Waals surface area contributed by atoms with Crippen molar-refractivity contribution in [1.29, 1.82) is 0 Å². The lowest BCUT2D eigenvalue weighted by Crippen LogP contribution is -2.35. The van der Waals surface area contributed by atoms with E-state index in [1.165, 1.54) is 7.11 Å². The van der Waals surface area contributed by atoms with Crippen LogP contribution in [0.5, 0.6) is 0 Å². The lowest BCUT2D eigenvalue weighted by Gasteiger charge is -2.21. The molecule has 0 saturated heterocycles. The van der Waals surface area contributed by atoms with Gasteiger partial charge in [0.25, 0.3) is 5.91 Å². The van der Waals surface area contributed by atoms with Crippen molar-refractivity contribution in [3.05, 3.63) is 71.8 Å². The molecule has 0 aromatic heterocycles. The normalized spacial score (nSPS) is 13.4. The quantitative estimate of drug-likeness (QED) is 0.855. The predicted octanol–water partition coefficient (Wildman–Crippen LogP) is 2.22. The highest BCUT2D eigenvalue weighted by Gasteiger charge is 2.23. The van der Waals surface area contributed by atoms with Crippen LogP contribution in [-0.4, -0.2) is 24.7 Å². The molecule has 1 amide bonds. The molecule has 21 heavy (non-hydrogen) atoms. The Bertz CT molecular complexity index is 557. The fraction of sp³-hybridized carbons (Fsp3) is 0.235. The molecular formula is C17H19NO3. The summed E-state index contributed by atoms with van der Waals surface area (Å²) in [4.78, 5) is 12.4. The molecule has 0 aliphatic heterocycles. The molecule has 0 bridgehead atoms. The van der Waals surface area contributed by atoms with Crippen molar-refractivity contribution in [1.82, 2.24) is 5.32 Å². The predicted molar refractivity (Wildman–Crippen MR) is 80.6 cm³/mol. The summed E-state index contributed by atoms with van der Waals surface area (Å²) in [6, 6.07) is 18.2. The van der Waals surface area contributed by atoms with E-state index in [4.69, 9.17) is 4.74 Å². The number of methoxy groups -OCH3 is 1. The smallest absolute Gasteiger partial charge is 0.254 e. The number of aliphatic hydroxyl groups is 1. The third kappa shape index (κ3) is 3.90. The van der Waals surface area contributed by atoms with Crippen LogP contribution in [0.15, 0.2) is 60.7 Å². The van der Waals surface area contributed by atoms with Gasteiger partial charge in [-0.3, -0.25) is 4.79 Å². The van der Waals surface area contributed by atoms with E-state index in [1.54, 1.807) is 0 Å². The minimum atomic E-state index is -0.691. The molecule has 2 rings (SSSR count). The summed E-state index contributed by atoms with van der Waals surface area (Å²) < 4.78 is 5.29. The topological polar surface area (TPSA) is 58.6 Å². The zero-order valence-electron chi connectivity index (χ0n) is 11.9. The second-order valence-electron chi connectivity index (χ2n) is 4.68. The fourth-order valence-corrected chi connectivity index (χ4v) is 2.19. The average Bonchev–Trinajstić information content (AvgIpc) is 2.55. The minimum Gasteiger partial charge on any atom is -0.394 e. The van der Waals surface area contributed by atoms with Crippen molar-refractivity contribution in [3.8, 4) is 0 Å². The molecule has 0 fully saturated rings. The molecule has 4 nitrogen and oxygen atoms in total. The monoisotopic (exact) mass is 285 g/mol. The van der Waals surface area contributed by atoms with E-state index in [0.29, 0.717) is 0 Å². The third-order valence-corrected chi connectivity index (χ3v) is 3.28. The minimum absolute atomic E-state index is 0.166. The van der Waals surface area contributed by atoms with Crippen molar-refractivity contribution in [3.63, 3.8) is 0 Å². The lowest BCUT2D eigenvalue weighted by molar-refractivity contribution is -0.132. The second-order valence-corrected chi connectivity index (χ2v) is 4.68. The molecule has 110 valence electrons. The van der Waals surface area contributed by atoms with Gasteiger partial charge in [0.1, 0.15) is 0 Å². The number of benzene rings is 2. The molecule has 2 aromatic carbocycles. The van der Waals surface area contributed by atoms with E-state index in [0.717, 1.165) is 11.1 Å². The second kappa shape index (κ2) is 7.57. The molecule has 1 unspecified atom stereocenters. The number of aliphatic hydroxyl groups excluding tert-OH is 1. The Morgan fingerprint density at radius 3 is 2.05 bits per heavy atom. The molecule has 0 aliphatic rings. The van der Waals surface area contributed by atoms with Crippen LogP contribution in [0.2, 0.25) is 0 Å². The Morgan fingerprint density at radius 1 is 1.05 bits per heavy atom. The summed E-state index contributed by atoms with van der Waals surface area (Å²) in [7, 11) is 1.49. The van der Waals surface area contributed by atoms with Gasteiger partial charge in [0.15, 0.2) is 6.10 Å². The van der Waals surface area contributed by atoms with Gasteiger partial charge in [-0.1, -0.05) is 60.7 Å². The number of hydrogen-bond acceptors (Lipinski definition) is 3. The van der Waals surface area contributed by atoms with Gasteiger partial charge in [0, 0.05) is 7.11 Å². The van der Waals surface area contributed by atoms with Crippen LogP contribution in [0.4, 0.5) is 0 Å². The summed E-state index contributed by atoms with van der Waals surface area (Å²) in [6.07, 6.45) is -0.691. The molecule has 2 N–H and O–H groups in total. The molecule has 4 heteroatoms. The highest BCUT2D eigenvalue weighted by atomic mass is 16.5. The van der Waals surface area contributed by atoms with Crippen LogP contribution in [0.3, 0.4) is 0 Å². The van der Waals surface area contributed by atoms with Crippen molar-refractivity contribution >= 4 is 5.91 Å². The third-order valence-electron chi connectivity index (χ3n) is 3.28. The Kier molecular flexibility index (Phi) is 5.49. The number of carbonyl (C=O) groups is 1. The van der Waals surface area contributed by atoms with Crippen LogP contribution in [0.1, 0.15) is 23.3 Å². The maximum atomic E-state index is 12.4. The Morgan fingerprint density at radius 2 is 1.57 bits per heavy atom. The van der Waals surface area contributed by atoms with E-state index >= 15 is 0 Å².